The van der Waals surface area contributed by atoms with Gasteiger partial charge in [-0.05, 0) is 32.4 Å². The van der Waals surface area contributed by atoms with E-state index in [-0.39, 0.29) is 12.0 Å². The average molecular weight is 369 g/mol. The topological polar surface area (TPSA) is 71.5 Å². The van der Waals surface area contributed by atoms with Crippen molar-refractivity contribution in [3.05, 3.63) is 35.8 Å². The van der Waals surface area contributed by atoms with Crippen molar-refractivity contribution in [2.75, 3.05) is 31.6 Å². The first kappa shape index (κ1) is 19.2. The minimum absolute atomic E-state index is 0.0737. The first-order valence-electron chi connectivity index (χ1n) is 9.38. The number of likely N-dealkylation sites (N-methyl/N-ethyl adjacent to an activating group) is 1. The minimum Gasteiger partial charge on any atom is -0.377 e. The van der Waals surface area contributed by atoms with Crippen LogP contribution in [0.15, 0.2) is 24.5 Å². The standard InChI is InChI=1S/C20H27N5O2/c1-5-27-14(2)12-24(4)20-17-8-11-25(15(3)26)13-18(17)22-19(23-20)16-6-9-21-10-7-16/h6-7,9-10,14H,5,8,11-13H2,1-4H3. The van der Waals surface area contributed by atoms with Gasteiger partial charge in [0.2, 0.25) is 5.91 Å². The van der Waals surface area contributed by atoms with Gasteiger partial charge in [-0.1, -0.05) is 0 Å². The van der Waals surface area contributed by atoms with Gasteiger partial charge in [0, 0.05) is 57.2 Å². The Labute approximate surface area is 160 Å². The molecule has 144 valence electrons. The number of aromatic nitrogens is 3. The number of hydrogen-bond acceptors (Lipinski definition) is 6. The van der Waals surface area contributed by atoms with E-state index in [4.69, 9.17) is 14.7 Å². The molecule has 1 unspecified atom stereocenters. The van der Waals surface area contributed by atoms with Gasteiger partial charge in [-0.3, -0.25) is 9.78 Å². The summed E-state index contributed by atoms with van der Waals surface area (Å²) in [6, 6.07) is 3.81. The lowest BCUT2D eigenvalue weighted by molar-refractivity contribution is -0.129. The highest BCUT2D eigenvalue weighted by Crippen LogP contribution is 2.29. The van der Waals surface area contributed by atoms with E-state index in [1.165, 1.54) is 0 Å². The first-order chi connectivity index (χ1) is 13.0. The number of rotatable bonds is 6. The quantitative estimate of drug-likeness (QED) is 0.778. The number of fused-ring (bicyclic) bond motifs is 1. The molecule has 1 amide bonds. The van der Waals surface area contributed by atoms with Gasteiger partial charge < -0.3 is 14.5 Å². The predicted molar refractivity (Wildman–Crippen MR) is 104 cm³/mol. The van der Waals surface area contributed by atoms with Gasteiger partial charge in [0.05, 0.1) is 18.3 Å². The molecule has 1 atom stereocenters. The number of anilines is 1. The molecule has 2 aromatic heterocycles. The zero-order valence-corrected chi connectivity index (χ0v) is 16.5. The third-order valence-electron chi connectivity index (χ3n) is 4.77. The summed E-state index contributed by atoms with van der Waals surface area (Å²) in [4.78, 5) is 29.5. The maximum Gasteiger partial charge on any atom is 0.219 e. The minimum atomic E-state index is 0.0737. The van der Waals surface area contributed by atoms with Crippen molar-refractivity contribution < 1.29 is 9.53 Å². The maximum absolute atomic E-state index is 11.8. The van der Waals surface area contributed by atoms with Crippen molar-refractivity contribution in [2.45, 2.75) is 39.8 Å². The molecule has 0 radical (unpaired) electrons. The highest BCUT2D eigenvalue weighted by Gasteiger charge is 2.26. The van der Waals surface area contributed by atoms with E-state index >= 15 is 0 Å². The van der Waals surface area contributed by atoms with Crippen LogP contribution in [0.2, 0.25) is 0 Å². The van der Waals surface area contributed by atoms with Crippen molar-refractivity contribution in [3.8, 4) is 11.4 Å². The third kappa shape index (κ3) is 4.42. The number of ether oxygens (including phenoxy) is 1. The van der Waals surface area contributed by atoms with Crippen LogP contribution in [0, 0.1) is 0 Å². The Morgan fingerprint density at radius 2 is 2.07 bits per heavy atom. The third-order valence-corrected chi connectivity index (χ3v) is 4.77. The van der Waals surface area contributed by atoms with Gasteiger partial charge in [-0.25, -0.2) is 9.97 Å². The second kappa shape index (κ2) is 8.43. The molecule has 0 spiro atoms. The summed E-state index contributed by atoms with van der Waals surface area (Å²) in [5.74, 6) is 1.65. The van der Waals surface area contributed by atoms with Crippen LogP contribution in [0.5, 0.6) is 0 Å². The average Bonchev–Trinajstić information content (AvgIpc) is 2.67. The van der Waals surface area contributed by atoms with Crippen molar-refractivity contribution in [1.29, 1.82) is 0 Å². The highest BCUT2D eigenvalue weighted by atomic mass is 16.5. The fraction of sp³-hybridized carbons (Fsp3) is 0.500. The van der Waals surface area contributed by atoms with Crippen molar-refractivity contribution >= 4 is 11.7 Å². The molecule has 0 N–H and O–H groups in total. The molecule has 3 rings (SSSR count). The monoisotopic (exact) mass is 369 g/mol. The van der Waals surface area contributed by atoms with E-state index in [1.807, 2.05) is 31.0 Å². The second-order valence-corrected chi connectivity index (χ2v) is 6.87. The number of hydrogen-bond donors (Lipinski definition) is 0. The molecule has 2 aromatic rings. The summed E-state index contributed by atoms with van der Waals surface area (Å²) in [6.45, 7) is 8.31. The molecule has 3 heterocycles. The molecule has 0 aromatic carbocycles. The Hall–Kier alpha value is -2.54. The summed E-state index contributed by atoms with van der Waals surface area (Å²) in [5.41, 5.74) is 2.96. The van der Waals surface area contributed by atoms with Gasteiger partial charge in [-0.15, -0.1) is 0 Å². The van der Waals surface area contributed by atoms with Crippen LogP contribution in [-0.2, 0) is 22.5 Å². The van der Waals surface area contributed by atoms with Gasteiger partial charge >= 0.3 is 0 Å². The molecule has 0 fully saturated rings. The van der Waals surface area contributed by atoms with E-state index in [1.54, 1.807) is 19.3 Å². The predicted octanol–water partition coefficient (Wildman–Crippen LogP) is 2.30. The number of carbonyl (C=O) groups is 1. The van der Waals surface area contributed by atoms with Crippen molar-refractivity contribution in [1.82, 2.24) is 19.9 Å². The lowest BCUT2D eigenvalue weighted by Crippen LogP contribution is -2.37. The molecule has 0 aliphatic carbocycles. The van der Waals surface area contributed by atoms with Gasteiger partial charge in [0.1, 0.15) is 5.82 Å². The van der Waals surface area contributed by atoms with E-state index in [9.17, 15) is 4.79 Å². The van der Waals surface area contributed by atoms with Gasteiger partial charge in [-0.2, -0.15) is 0 Å². The Morgan fingerprint density at radius 3 is 2.74 bits per heavy atom. The number of amides is 1. The van der Waals surface area contributed by atoms with Crippen LogP contribution >= 0.6 is 0 Å². The van der Waals surface area contributed by atoms with Gasteiger partial charge in [0.15, 0.2) is 5.82 Å². The molecule has 1 aliphatic heterocycles. The van der Waals surface area contributed by atoms with Gasteiger partial charge in [0.25, 0.3) is 0 Å². The van der Waals surface area contributed by atoms with Crippen LogP contribution in [0.3, 0.4) is 0 Å². The van der Waals surface area contributed by atoms with E-state index in [0.717, 1.165) is 35.6 Å². The smallest absolute Gasteiger partial charge is 0.219 e. The zero-order chi connectivity index (χ0) is 19.4. The molecular formula is C20H27N5O2. The Bertz CT molecular complexity index is 796. The van der Waals surface area contributed by atoms with Crippen LogP contribution in [-0.4, -0.2) is 58.6 Å². The van der Waals surface area contributed by atoms with E-state index in [0.29, 0.717) is 25.5 Å². The number of nitrogens with zero attached hydrogens (tertiary/aromatic N) is 5. The van der Waals surface area contributed by atoms with Crippen molar-refractivity contribution in [3.63, 3.8) is 0 Å². The van der Waals surface area contributed by atoms with Crippen LogP contribution in [0.25, 0.3) is 11.4 Å². The Kier molecular flexibility index (Phi) is 6.01. The number of carbonyl (C=O) groups excluding carboxylic acids is 1. The summed E-state index contributed by atoms with van der Waals surface area (Å²) in [7, 11) is 2.03. The summed E-state index contributed by atoms with van der Waals surface area (Å²) >= 11 is 0. The summed E-state index contributed by atoms with van der Waals surface area (Å²) in [5, 5.41) is 0. The number of pyridine rings is 1. The summed E-state index contributed by atoms with van der Waals surface area (Å²) in [6.07, 6.45) is 4.34. The molecule has 1 aliphatic rings. The maximum atomic E-state index is 11.8. The molecule has 27 heavy (non-hydrogen) atoms. The molecule has 7 nitrogen and oxygen atoms in total. The summed E-state index contributed by atoms with van der Waals surface area (Å²) < 4.78 is 5.70. The lowest BCUT2D eigenvalue weighted by Gasteiger charge is -2.31. The zero-order valence-electron chi connectivity index (χ0n) is 16.5. The van der Waals surface area contributed by atoms with Crippen molar-refractivity contribution in [2.24, 2.45) is 0 Å². The fourth-order valence-electron chi connectivity index (χ4n) is 3.43. The molecule has 7 heteroatoms. The lowest BCUT2D eigenvalue weighted by atomic mass is 10.0. The highest BCUT2D eigenvalue weighted by molar-refractivity contribution is 5.74. The Balaban J connectivity index is 2.00. The second-order valence-electron chi connectivity index (χ2n) is 6.87. The first-order valence-corrected chi connectivity index (χ1v) is 9.38. The SMILES string of the molecule is CCOC(C)CN(C)c1nc(-c2ccncc2)nc2c1CCN(C(C)=O)C2. The Morgan fingerprint density at radius 1 is 1.33 bits per heavy atom. The van der Waals surface area contributed by atoms with Crippen LogP contribution in [0.4, 0.5) is 5.82 Å². The normalized spacial score (nSPS) is 14.6. The van der Waals surface area contributed by atoms with Crippen LogP contribution in [0.1, 0.15) is 32.0 Å². The molecule has 0 saturated carbocycles. The molecule has 0 bridgehead atoms. The molecule has 0 saturated heterocycles. The van der Waals surface area contributed by atoms with E-state index < -0.39 is 0 Å². The largest absolute Gasteiger partial charge is 0.377 e. The van der Waals surface area contributed by atoms with E-state index in [2.05, 4.69) is 16.8 Å². The molecular weight excluding hydrogens is 342 g/mol. The van der Waals surface area contributed by atoms with Crippen LogP contribution < -0.4 is 4.90 Å². The fourth-order valence-corrected chi connectivity index (χ4v) is 3.43.